The summed E-state index contributed by atoms with van der Waals surface area (Å²) in [5, 5.41) is 0. The van der Waals surface area contributed by atoms with Crippen molar-refractivity contribution in [3.05, 3.63) is 29.8 Å². The average Bonchev–Trinajstić information content (AvgIpc) is 3.10. The molecule has 0 amide bonds. The summed E-state index contributed by atoms with van der Waals surface area (Å²) < 4.78 is 12.2. The molecule has 142 valence electrons. The van der Waals surface area contributed by atoms with E-state index in [2.05, 4.69) is 22.0 Å². The molecule has 1 aromatic carbocycles. The van der Waals surface area contributed by atoms with E-state index in [4.69, 9.17) is 9.47 Å². The summed E-state index contributed by atoms with van der Waals surface area (Å²) in [5.74, 6) is 1.77. The number of hydrogen-bond acceptors (Lipinski definition) is 4. The van der Waals surface area contributed by atoms with Crippen molar-refractivity contribution in [3.8, 4) is 5.75 Å². The minimum Gasteiger partial charge on any atom is -0.494 e. The van der Waals surface area contributed by atoms with E-state index in [1.165, 1.54) is 51.6 Å². The Hall–Kier alpha value is -1.55. The topological polar surface area (TPSA) is 34.1 Å². The van der Waals surface area contributed by atoms with Gasteiger partial charge in [-0.1, -0.05) is 12.8 Å². The SMILES string of the molecule is c1cc(C2=NCC3(CCCCC3)O2)ccc1OCCCN1CCCCC1. The Labute approximate surface area is 157 Å². The first-order chi connectivity index (χ1) is 12.8. The largest absolute Gasteiger partial charge is 0.494 e. The van der Waals surface area contributed by atoms with Crippen molar-refractivity contribution in [1.29, 1.82) is 0 Å². The lowest BCUT2D eigenvalue weighted by atomic mass is 9.85. The van der Waals surface area contributed by atoms with E-state index in [1.807, 2.05) is 12.1 Å². The molecule has 4 rings (SSSR count). The highest BCUT2D eigenvalue weighted by Crippen LogP contribution is 2.36. The maximum atomic E-state index is 6.29. The molecule has 1 saturated carbocycles. The Morgan fingerprint density at radius 1 is 0.962 bits per heavy atom. The van der Waals surface area contributed by atoms with Crippen molar-refractivity contribution in [3.63, 3.8) is 0 Å². The van der Waals surface area contributed by atoms with Crippen LogP contribution < -0.4 is 4.74 Å². The molecular formula is C22H32N2O2. The number of ether oxygens (including phenoxy) is 2. The molecule has 0 aromatic heterocycles. The first-order valence-corrected chi connectivity index (χ1v) is 10.5. The zero-order valence-electron chi connectivity index (χ0n) is 15.9. The summed E-state index contributed by atoms with van der Waals surface area (Å²) >= 11 is 0. The van der Waals surface area contributed by atoms with Gasteiger partial charge in [-0.05, 0) is 82.3 Å². The van der Waals surface area contributed by atoms with Crippen molar-refractivity contribution in [1.82, 2.24) is 4.90 Å². The lowest BCUT2D eigenvalue weighted by Gasteiger charge is -2.32. The fraction of sp³-hybridized carbons (Fsp3) is 0.682. The summed E-state index contributed by atoms with van der Waals surface area (Å²) in [7, 11) is 0. The Morgan fingerprint density at radius 2 is 1.69 bits per heavy atom. The van der Waals surface area contributed by atoms with Gasteiger partial charge in [0.25, 0.3) is 0 Å². The molecule has 0 radical (unpaired) electrons. The minimum absolute atomic E-state index is 0.00277. The third-order valence-corrected chi connectivity index (χ3v) is 6.03. The number of hydrogen-bond donors (Lipinski definition) is 0. The van der Waals surface area contributed by atoms with Gasteiger partial charge in [-0.25, -0.2) is 4.99 Å². The standard InChI is InChI=1S/C22H32N2O2/c1-3-12-22(13-4-1)18-23-21(26-22)19-8-10-20(11-9-19)25-17-7-16-24-14-5-2-6-15-24/h8-11H,1-7,12-18H2. The molecule has 2 fully saturated rings. The smallest absolute Gasteiger partial charge is 0.216 e. The summed E-state index contributed by atoms with van der Waals surface area (Å²) in [4.78, 5) is 7.25. The van der Waals surface area contributed by atoms with E-state index < -0.39 is 0 Å². The van der Waals surface area contributed by atoms with Gasteiger partial charge in [-0.2, -0.15) is 0 Å². The molecule has 0 bridgehead atoms. The van der Waals surface area contributed by atoms with Gasteiger partial charge in [0, 0.05) is 12.1 Å². The highest BCUT2D eigenvalue weighted by molar-refractivity contribution is 5.95. The molecule has 0 atom stereocenters. The maximum Gasteiger partial charge on any atom is 0.216 e. The Balaban J connectivity index is 1.22. The van der Waals surface area contributed by atoms with Gasteiger partial charge in [-0.15, -0.1) is 0 Å². The van der Waals surface area contributed by atoms with Gasteiger partial charge in [0.1, 0.15) is 11.4 Å². The zero-order chi connectivity index (χ0) is 17.7. The first-order valence-electron chi connectivity index (χ1n) is 10.5. The summed E-state index contributed by atoms with van der Waals surface area (Å²) in [6.07, 6.45) is 11.4. The predicted molar refractivity (Wildman–Crippen MR) is 105 cm³/mol. The molecule has 1 saturated heterocycles. The Morgan fingerprint density at radius 3 is 2.46 bits per heavy atom. The molecule has 1 spiro atoms. The number of nitrogens with zero attached hydrogens (tertiary/aromatic N) is 2. The van der Waals surface area contributed by atoms with Crippen LogP contribution in [0, 0.1) is 0 Å². The fourth-order valence-electron chi connectivity index (χ4n) is 4.45. The third-order valence-electron chi connectivity index (χ3n) is 6.03. The van der Waals surface area contributed by atoms with Gasteiger partial charge in [0.15, 0.2) is 0 Å². The van der Waals surface area contributed by atoms with Crippen LogP contribution in [0.2, 0.25) is 0 Å². The molecule has 0 unspecified atom stereocenters. The summed E-state index contributed by atoms with van der Waals surface area (Å²) in [6, 6.07) is 8.27. The van der Waals surface area contributed by atoms with Gasteiger partial charge in [0.05, 0.1) is 13.2 Å². The first kappa shape index (κ1) is 17.8. The molecular weight excluding hydrogens is 324 g/mol. The summed E-state index contributed by atoms with van der Waals surface area (Å²) in [5.41, 5.74) is 1.07. The van der Waals surface area contributed by atoms with Gasteiger partial charge >= 0.3 is 0 Å². The van der Waals surface area contributed by atoms with Crippen LogP contribution in [-0.2, 0) is 4.74 Å². The Kier molecular flexibility index (Phi) is 5.78. The van der Waals surface area contributed by atoms with Crippen molar-refractivity contribution in [2.24, 2.45) is 4.99 Å². The third kappa shape index (κ3) is 4.40. The predicted octanol–water partition coefficient (Wildman–Crippen LogP) is 4.42. The molecule has 2 heterocycles. The molecule has 26 heavy (non-hydrogen) atoms. The monoisotopic (exact) mass is 356 g/mol. The van der Waals surface area contributed by atoms with Gasteiger partial charge in [-0.3, -0.25) is 0 Å². The molecule has 1 aromatic rings. The second kappa shape index (κ2) is 8.43. The van der Waals surface area contributed by atoms with Crippen molar-refractivity contribution >= 4 is 5.90 Å². The lowest BCUT2D eigenvalue weighted by Crippen LogP contribution is -2.35. The number of aliphatic imine (C=N–C) groups is 1. The van der Waals surface area contributed by atoms with Crippen LogP contribution in [0.4, 0.5) is 0 Å². The van der Waals surface area contributed by atoms with E-state index in [0.717, 1.165) is 56.2 Å². The van der Waals surface area contributed by atoms with Crippen LogP contribution in [-0.4, -0.2) is 49.2 Å². The maximum absolute atomic E-state index is 6.29. The molecule has 3 aliphatic rings. The molecule has 2 aliphatic heterocycles. The van der Waals surface area contributed by atoms with Gasteiger partial charge < -0.3 is 14.4 Å². The lowest BCUT2D eigenvalue weighted by molar-refractivity contribution is 0.0474. The van der Waals surface area contributed by atoms with Crippen LogP contribution in [0.1, 0.15) is 63.4 Å². The highest BCUT2D eigenvalue weighted by atomic mass is 16.5. The zero-order valence-corrected chi connectivity index (χ0v) is 15.9. The van der Waals surface area contributed by atoms with E-state index in [0.29, 0.717) is 0 Å². The number of rotatable bonds is 6. The van der Waals surface area contributed by atoms with Gasteiger partial charge in [0.2, 0.25) is 5.90 Å². The highest BCUT2D eigenvalue weighted by Gasteiger charge is 2.39. The van der Waals surface area contributed by atoms with Crippen LogP contribution in [0.25, 0.3) is 0 Å². The van der Waals surface area contributed by atoms with Crippen LogP contribution in [0.15, 0.2) is 29.3 Å². The van der Waals surface area contributed by atoms with E-state index in [9.17, 15) is 0 Å². The second-order valence-corrected chi connectivity index (χ2v) is 8.10. The normalized spacial score (nSPS) is 22.8. The summed E-state index contributed by atoms with van der Waals surface area (Å²) in [6.45, 7) is 5.30. The van der Waals surface area contributed by atoms with Crippen LogP contribution in [0.5, 0.6) is 5.75 Å². The van der Waals surface area contributed by atoms with Crippen molar-refractivity contribution < 1.29 is 9.47 Å². The fourth-order valence-corrected chi connectivity index (χ4v) is 4.45. The van der Waals surface area contributed by atoms with E-state index >= 15 is 0 Å². The number of likely N-dealkylation sites (tertiary alicyclic amines) is 1. The van der Waals surface area contributed by atoms with E-state index in [-0.39, 0.29) is 5.60 Å². The van der Waals surface area contributed by atoms with Crippen molar-refractivity contribution in [2.75, 3.05) is 32.8 Å². The van der Waals surface area contributed by atoms with Crippen LogP contribution in [0.3, 0.4) is 0 Å². The molecule has 1 aliphatic carbocycles. The Bertz CT molecular complexity index is 599. The van der Waals surface area contributed by atoms with E-state index in [1.54, 1.807) is 0 Å². The van der Waals surface area contributed by atoms with Crippen molar-refractivity contribution in [2.45, 2.75) is 63.4 Å². The number of piperidine rings is 1. The number of benzene rings is 1. The quantitative estimate of drug-likeness (QED) is 0.708. The molecule has 4 nitrogen and oxygen atoms in total. The minimum atomic E-state index is -0.00277. The average molecular weight is 357 g/mol. The van der Waals surface area contributed by atoms with Crippen LogP contribution >= 0.6 is 0 Å². The molecule has 4 heteroatoms. The molecule has 0 N–H and O–H groups in total. The second-order valence-electron chi connectivity index (χ2n) is 8.10.